The summed E-state index contributed by atoms with van der Waals surface area (Å²) < 4.78 is 2.35. The molecule has 35 heavy (non-hydrogen) atoms. The first-order valence-electron chi connectivity index (χ1n) is 11.4. The van der Waals surface area contributed by atoms with E-state index < -0.39 is 11.2 Å². The van der Waals surface area contributed by atoms with E-state index in [1.165, 1.54) is 4.57 Å². The Bertz CT molecular complexity index is 1470. The molecule has 2 amide bonds. The first-order valence-corrected chi connectivity index (χ1v) is 11.4. The van der Waals surface area contributed by atoms with Crippen LogP contribution >= 0.6 is 0 Å². The van der Waals surface area contributed by atoms with Gasteiger partial charge in [-0.3, -0.25) is 19.0 Å². The minimum atomic E-state index is -0.620. The molecule has 0 bridgehead atoms. The summed E-state index contributed by atoms with van der Waals surface area (Å²) in [6, 6.07) is 22.4. The first kappa shape index (κ1) is 23.7. The van der Waals surface area contributed by atoms with Gasteiger partial charge in [0.1, 0.15) is 6.54 Å². The third-order valence-electron chi connectivity index (χ3n) is 5.54. The Hall–Kier alpha value is -4.46. The van der Waals surface area contributed by atoms with Gasteiger partial charge in [-0.05, 0) is 48.4 Å². The van der Waals surface area contributed by atoms with Crippen molar-refractivity contribution in [3.8, 4) is 5.69 Å². The summed E-state index contributed by atoms with van der Waals surface area (Å²) in [4.78, 5) is 51.4. The minimum absolute atomic E-state index is 0.0887. The predicted octanol–water partition coefficient (Wildman–Crippen LogP) is 2.86. The van der Waals surface area contributed by atoms with Crippen LogP contribution < -0.4 is 21.9 Å². The van der Waals surface area contributed by atoms with Gasteiger partial charge in [-0.2, -0.15) is 0 Å². The second-order valence-corrected chi connectivity index (χ2v) is 8.13. The fraction of sp³-hybridized carbons (Fsp3) is 0.185. The van der Waals surface area contributed by atoms with E-state index in [9.17, 15) is 19.2 Å². The molecule has 0 spiro atoms. The second-order valence-electron chi connectivity index (χ2n) is 8.13. The molecule has 0 aliphatic rings. The lowest BCUT2D eigenvalue weighted by Crippen LogP contribution is -2.40. The number of para-hydroxylation sites is 2. The maximum absolute atomic E-state index is 13.5. The average Bonchev–Trinajstić information content (AvgIpc) is 2.87. The number of hydrogen-bond donors (Lipinski definition) is 2. The van der Waals surface area contributed by atoms with Crippen molar-refractivity contribution in [2.45, 2.75) is 26.3 Å². The number of fused-ring (bicyclic) bond motifs is 1. The van der Waals surface area contributed by atoms with Crippen LogP contribution in [0.1, 0.15) is 18.9 Å². The number of carbonyl (C=O) groups excluding carboxylic acids is 2. The fourth-order valence-corrected chi connectivity index (χ4v) is 3.84. The van der Waals surface area contributed by atoms with Crippen molar-refractivity contribution in [1.82, 2.24) is 14.5 Å². The van der Waals surface area contributed by atoms with Crippen molar-refractivity contribution < 1.29 is 9.59 Å². The van der Waals surface area contributed by atoms with Crippen molar-refractivity contribution in [1.29, 1.82) is 0 Å². The Kier molecular flexibility index (Phi) is 7.21. The van der Waals surface area contributed by atoms with Gasteiger partial charge in [0, 0.05) is 12.2 Å². The van der Waals surface area contributed by atoms with Gasteiger partial charge in [0.25, 0.3) is 5.56 Å². The molecule has 0 saturated heterocycles. The van der Waals surface area contributed by atoms with Crippen molar-refractivity contribution in [2.24, 2.45) is 0 Å². The molecular weight excluding hydrogens is 444 g/mol. The van der Waals surface area contributed by atoms with Crippen molar-refractivity contribution >= 4 is 28.4 Å². The van der Waals surface area contributed by atoms with Gasteiger partial charge in [0.15, 0.2) is 0 Å². The number of nitrogens with zero attached hydrogens (tertiary/aromatic N) is 2. The number of aromatic nitrogens is 2. The number of hydrogen-bond acceptors (Lipinski definition) is 4. The summed E-state index contributed by atoms with van der Waals surface area (Å²) >= 11 is 0. The zero-order chi connectivity index (χ0) is 24.8. The summed E-state index contributed by atoms with van der Waals surface area (Å²) in [6.45, 7) is 2.33. The van der Waals surface area contributed by atoms with Gasteiger partial charge < -0.3 is 10.6 Å². The normalized spacial score (nSPS) is 10.8. The van der Waals surface area contributed by atoms with Crippen LogP contribution in [0.4, 0.5) is 5.69 Å². The largest absolute Gasteiger partial charge is 0.356 e. The highest BCUT2D eigenvalue weighted by Crippen LogP contribution is 2.12. The van der Waals surface area contributed by atoms with Gasteiger partial charge in [0.05, 0.1) is 23.0 Å². The van der Waals surface area contributed by atoms with E-state index in [-0.39, 0.29) is 24.8 Å². The summed E-state index contributed by atoms with van der Waals surface area (Å²) in [5.74, 6) is -0.476. The molecule has 4 rings (SSSR count). The van der Waals surface area contributed by atoms with E-state index in [1.54, 1.807) is 72.8 Å². The molecule has 1 aromatic heterocycles. The van der Waals surface area contributed by atoms with Crippen LogP contribution in [0.3, 0.4) is 0 Å². The fourth-order valence-electron chi connectivity index (χ4n) is 3.84. The maximum atomic E-state index is 13.5. The molecule has 178 valence electrons. The van der Waals surface area contributed by atoms with E-state index in [0.29, 0.717) is 28.8 Å². The molecule has 2 N–H and O–H groups in total. The molecule has 8 nitrogen and oxygen atoms in total. The lowest BCUT2D eigenvalue weighted by Gasteiger charge is -2.14. The molecule has 1 heterocycles. The van der Waals surface area contributed by atoms with Gasteiger partial charge in [0.2, 0.25) is 11.8 Å². The summed E-state index contributed by atoms with van der Waals surface area (Å²) in [7, 11) is 0. The average molecular weight is 471 g/mol. The summed E-state index contributed by atoms with van der Waals surface area (Å²) in [5.41, 5.74) is 1.02. The van der Waals surface area contributed by atoms with Crippen molar-refractivity contribution in [3.05, 3.63) is 105 Å². The van der Waals surface area contributed by atoms with E-state index >= 15 is 0 Å². The van der Waals surface area contributed by atoms with Crippen LogP contribution in [0.15, 0.2) is 88.5 Å². The topological polar surface area (TPSA) is 102 Å². The standard InChI is InChI=1S/C27H26N4O4/c1-2-16-28-24(32)17-19-12-14-21(15-13-19)31-26(34)22-10-6-7-11-23(22)30(27(31)35)18-25(33)29-20-8-4-3-5-9-20/h3-15H,2,16-18H2,1H3,(H,28,32)(H,29,33). The molecule has 0 aliphatic heterocycles. The SMILES string of the molecule is CCCNC(=O)Cc1ccc(-n2c(=O)c3ccccc3n(CC(=O)Nc3ccccc3)c2=O)cc1. The van der Waals surface area contributed by atoms with E-state index in [0.717, 1.165) is 16.6 Å². The third-order valence-corrected chi connectivity index (χ3v) is 5.54. The number of amides is 2. The van der Waals surface area contributed by atoms with Crippen LogP contribution in [-0.2, 0) is 22.6 Å². The lowest BCUT2D eigenvalue weighted by atomic mass is 10.1. The Morgan fingerprint density at radius 1 is 0.829 bits per heavy atom. The summed E-state index contributed by atoms with van der Waals surface area (Å²) in [5, 5.41) is 5.92. The monoisotopic (exact) mass is 470 g/mol. The molecule has 0 atom stereocenters. The first-order chi connectivity index (χ1) is 17.0. The molecule has 8 heteroatoms. The van der Waals surface area contributed by atoms with E-state index in [4.69, 9.17) is 0 Å². The second kappa shape index (κ2) is 10.6. The molecule has 0 aliphatic carbocycles. The van der Waals surface area contributed by atoms with Gasteiger partial charge in [-0.1, -0.05) is 49.4 Å². The maximum Gasteiger partial charge on any atom is 0.336 e. The lowest BCUT2D eigenvalue weighted by molar-refractivity contribution is -0.120. The number of nitrogens with one attached hydrogen (secondary N) is 2. The molecule has 3 aromatic carbocycles. The van der Waals surface area contributed by atoms with E-state index in [2.05, 4.69) is 10.6 Å². The highest BCUT2D eigenvalue weighted by Gasteiger charge is 2.17. The molecule has 0 fully saturated rings. The Labute approximate surface area is 201 Å². The summed E-state index contributed by atoms with van der Waals surface area (Å²) in [6.07, 6.45) is 1.06. The highest BCUT2D eigenvalue weighted by molar-refractivity contribution is 5.91. The Balaban J connectivity index is 1.70. The number of anilines is 1. The Morgan fingerprint density at radius 3 is 2.23 bits per heavy atom. The zero-order valence-electron chi connectivity index (χ0n) is 19.4. The quantitative estimate of drug-likeness (QED) is 0.413. The molecular formula is C27H26N4O4. The molecule has 0 unspecified atom stereocenters. The number of carbonyl (C=O) groups is 2. The van der Waals surface area contributed by atoms with Crippen molar-refractivity contribution in [2.75, 3.05) is 11.9 Å². The molecule has 0 saturated carbocycles. The number of benzene rings is 3. The van der Waals surface area contributed by atoms with Gasteiger partial charge in [-0.15, -0.1) is 0 Å². The van der Waals surface area contributed by atoms with Crippen LogP contribution in [0, 0.1) is 0 Å². The van der Waals surface area contributed by atoms with Crippen LogP contribution in [0.5, 0.6) is 0 Å². The van der Waals surface area contributed by atoms with Crippen LogP contribution in [0.2, 0.25) is 0 Å². The third kappa shape index (κ3) is 5.38. The van der Waals surface area contributed by atoms with Gasteiger partial charge >= 0.3 is 5.69 Å². The highest BCUT2D eigenvalue weighted by atomic mass is 16.2. The van der Waals surface area contributed by atoms with Crippen molar-refractivity contribution in [3.63, 3.8) is 0 Å². The minimum Gasteiger partial charge on any atom is -0.356 e. The number of rotatable bonds is 8. The molecule has 0 radical (unpaired) electrons. The van der Waals surface area contributed by atoms with Crippen LogP contribution in [0.25, 0.3) is 16.6 Å². The van der Waals surface area contributed by atoms with Gasteiger partial charge in [-0.25, -0.2) is 9.36 Å². The van der Waals surface area contributed by atoms with Crippen LogP contribution in [-0.4, -0.2) is 27.5 Å². The smallest absolute Gasteiger partial charge is 0.336 e. The van der Waals surface area contributed by atoms with E-state index in [1.807, 2.05) is 13.0 Å². The predicted molar refractivity (Wildman–Crippen MR) is 136 cm³/mol. The molecule has 4 aromatic rings. The Morgan fingerprint density at radius 2 is 1.51 bits per heavy atom. The zero-order valence-corrected chi connectivity index (χ0v) is 19.4.